The van der Waals surface area contributed by atoms with Gasteiger partial charge < -0.3 is 5.32 Å². The minimum Gasteiger partial charge on any atom is -0.359 e. The Morgan fingerprint density at radius 1 is 1.40 bits per heavy atom. The van der Waals surface area contributed by atoms with Gasteiger partial charge in [0.1, 0.15) is 0 Å². The van der Waals surface area contributed by atoms with Gasteiger partial charge in [0, 0.05) is 17.1 Å². The monoisotopic (exact) mass is 224 g/mol. The van der Waals surface area contributed by atoms with Gasteiger partial charge in [-0.2, -0.15) is 0 Å². The van der Waals surface area contributed by atoms with Crippen LogP contribution in [0.5, 0.6) is 0 Å². The van der Waals surface area contributed by atoms with Crippen LogP contribution in [0.25, 0.3) is 0 Å². The minimum absolute atomic E-state index is 0.680. The zero-order valence-corrected chi connectivity index (χ0v) is 10.3. The van der Waals surface area contributed by atoms with Crippen molar-refractivity contribution in [2.75, 3.05) is 5.32 Å². The molecule has 15 heavy (non-hydrogen) atoms. The van der Waals surface area contributed by atoms with E-state index >= 15 is 0 Å². The highest BCUT2D eigenvalue weighted by Gasteiger charge is 2.14. The van der Waals surface area contributed by atoms with Crippen molar-refractivity contribution >= 4 is 16.5 Å². The lowest BCUT2D eigenvalue weighted by molar-refractivity contribution is 0.462. The lowest BCUT2D eigenvalue weighted by Gasteiger charge is -2.22. The molecule has 1 saturated carbocycles. The number of hydrogen-bond donors (Lipinski definition) is 1. The summed E-state index contributed by atoms with van der Waals surface area (Å²) in [7, 11) is 0. The van der Waals surface area contributed by atoms with E-state index in [0.717, 1.165) is 5.13 Å². The Morgan fingerprint density at radius 2 is 2.20 bits per heavy atom. The maximum absolute atomic E-state index is 4.44. The Kier molecular flexibility index (Phi) is 4.01. The number of rotatable bonds is 4. The van der Waals surface area contributed by atoms with E-state index < -0.39 is 0 Å². The summed E-state index contributed by atoms with van der Waals surface area (Å²) in [4.78, 5) is 5.85. The first kappa shape index (κ1) is 10.9. The zero-order valence-electron chi connectivity index (χ0n) is 9.46. The second-order valence-electron chi connectivity index (χ2n) is 4.36. The van der Waals surface area contributed by atoms with Crippen LogP contribution >= 0.6 is 11.3 Å². The van der Waals surface area contributed by atoms with Gasteiger partial charge in [-0.05, 0) is 19.3 Å². The molecule has 1 aromatic rings. The normalized spacial score (nSPS) is 17.9. The Hall–Kier alpha value is -0.570. The molecule has 1 aliphatic rings. The van der Waals surface area contributed by atoms with E-state index in [1.807, 2.05) is 17.5 Å². The lowest BCUT2D eigenvalue weighted by atomic mass is 9.96. The number of nitrogens with zero attached hydrogens (tertiary/aromatic N) is 1. The number of aromatic nitrogens is 1. The molecular formula is C12H20N2S. The Balaban J connectivity index is 1.86. The van der Waals surface area contributed by atoms with Crippen molar-refractivity contribution in [3.63, 3.8) is 0 Å². The molecule has 0 spiro atoms. The van der Waals surface area contributed by atoms with Gasteiger partial charge in [-0.1, -0.05) is 32.6 Å². The van der Waals surface area contributed by atoms with Crippen LogP contribution in [0.15, 0.2) is 6.20 Å². The molecule has 2 nitrogen and oxygen atoms in total. The summed E-state index contributed by atoms with van der Waals surface area (Å²) >= 11 is 1.83. The molecule has 0 unspecified atom stereocenters. The molecule has 1 heterocycles. The van der Waals surface area contributed by atoms with Gasteiger partial charge >= 0.3 is 0 Å². The van der Waals surface area contributed by atoms with Crippen LogP contribution in [-0.4, -0.2) is 11.0 Å². The molecule has 0 bridgehead atoms. The fraction of sp³-hybridized carbons (Fsp3) is 0.750. The predicted octanol–water partition coefficient (Wildman–Crippen LogP) is 3.84. The maximum atomic E-state index is 4.44. The molecule has 3 heteroatoms. The van der Waals surface area contributed by atoms with Gasteiger partial charge in [-0.3, -0.25) is 0 Å². The fourth-order valence-corrected chi connectivity index (χ4v) is 3.15. The molecular weight excluding hydrogens is 204 g/mol. The number of anilines is 1. The van der Waals surface area contributed by atoms with Gasteiger partial charge in [0.25, 0.3) is 0 Å². The largest absolute Gasteiger partial charge is 0.359 e. The summed E-state index contributed by atoms with van der Waals surface area (Å²) in [6.45, 7) is 2.22. The maximum Gasteiger partial charge on any atom is 0.183 e. The Bertz CT molecular complexity index is 290. The fourth-order valence-electron chi connectivity index (χ4n) is 2.16. The Labute approximate surface area is 96.1 Å². The van der Waals surface area contributed by atoms with Gasteiger partial charge in [0.2, 0.25) is 0 Å². The van der Waals surface area contributed by atoms with Crippen LogP contribution in [0, 0.1) is 0 Å². The first-order chi connectivity index (χ1) is 7.38. The van der Waals surface area contributed by atoms with E-state index in [1.165, 1.54) is 49.8 Å². The van der Waals surface area contributed by atoms with E-state index in [9.17, 15) is 0 Å². The molecule has 0 aliphatic heterocycles. The smallest absolute Gasteiger partial charge is 0.183 e. The van der Waals surface area contributed by atoms with Crippen molar-refractivity contribution in [3.8, 4) is 0 Å². The SMILES string of the molecule is CCCc1cnc(NC2CCCCC2)s1. The second kappa shape index (κ2) is 5.50. The number of nitrogens with one attached hydrogen (secondary N) is 1. The highest BCUT2D eigenvalue weighted by atomic mass is 32.1. The summed E-state index contributed by atoms with van der Waals surface area (Å²) in [5.74, 6) is 0. The number of thiazole rings is 1. The Morgan fingerprint density at radius 3 is 2.93 bits per heavy atom. The highest BCUT2D eigenvalue weighted by molar-refractivity contribution is 7.15. The first-order valence-electron chi connectivity index (χ1n) is 6.09. The summed E-state index contributed by atoms with van der Waals surface area (Å²) in [5, 5.41) is 4.70. The second-order valence-corrected chi connectivity index (χ2v) is 5.48. The van der Waals surface area contributed by atoms with E-state index in [-0.39, 0.29) is 0 Å². The van der Waals surface area contributed by atoms with E-state index in [4.69, 9.17) is 0 Å². The van der Waals surface area contributed by atoms with Crippen LogP contribution in [0.4, 0.5) is 5.13 Å². The van der Waals surface area contributed by atoms with Crippen LogP contribution in [0.3, 0.4) is 0 Å². The average molecular weight is 224 g/mol. The molecule has 1 fully saturated rings. The highest BCUT2D eigenvalue weighted by Crippen LogP contribution is 2.25. The molecule has 2 rings (SSSR count). The number of hydrogen-bond acceptors (Lipinski definition) is 3. The van der Waals surface area contributed by atoms with Crippen molar-refractivity contribution < 1.29 is 0 Å². The molecule has 0 aromatic carbocycles. The van der Waals surface area contributed by atoms with Gasteiger partial charge in [-0.15, -0.1) is 11.3 Å². The molecule has 0 atom stereocenters. The van der Waals surface area contributed by atoms with Crippen molar-refractivity contribution in [2.24, 2.45) is 0 Å². The predicted molar refractivity (Wildman–Crippen MR) is 66.6 cm³/mol. The van der Waals surface area contributed by atoms with Gasteiger partial charge in [0.05, 0.1) is 0 Å². The van der Waals surface area contributed by atoms with Gasteiger partial charge in [-0.25, -0.2) is 4.98 Å². The minimum atomic E-state index is 0.680. The van der Waals surface area contributed by atoms with Crippen LogP contribution in [0.2, 0.25) is 0 Å². The summed E-state index contributed by atoms with van der Waals surface area (Å²) in [6, 6.07) is 0.680. The summed E-state index contributed by atoms with van der Waals surface area (Å²) in [5.41, 5.74) is 0. The van der Waals surface area contributed by atoms with E-state index in [1.54, 1.807) is 0 Å². The van der Waals surface area contributed by atoms with Crippen molar-refractivity contribution in [2.45, 2.75) is 57.9 Å². The molecule has 1 aliphatic carbocycles. The third-order valence-corrected chi connectivity index (χ3v) is 3.97. The molecule has 0 amide bonds. The zero-order chi connectivity index (χ0) is 10.5. The lowest BCUT2D eigenvalue weighted by Crippen LogP contribution is -2.21. The molecule has 84 valence electrons. The molecule has 0 saturated heterocycles. The molecule has 1 aromatic heterocycles. The third-order valence-electron chi connectivity index (χ3n) is 2.98. The third kappa shape index (κ3) is 3.20. The van der Waals surface area contributed by atoms with E-state index in [0.29, 0.717) is 6.04 Å². The van der Waals surface area contributed by atoms with Gasteiger partial charge in [0.15, 0.2) is 5.13 Å². The molecule has 0 radical (unpaired) electrons. The number of aryl methyl sites for hydroxylation is 1. The average Bonchev–Trinajstić information content (AvgIpc) is 2.68. The van der Waals surface area contributed by atoms with Crippen molar-refractivity contribution in [1.29, 1.82) is 0 Å². The van der Waals surface area contributed by atoms with Crippen LogP contribution in [-0.2, 0) is 6.42 Å². The standard InChI is InChI=1S/C12H20N2S/c1-2-6-11-9-13-12(15-11)14-10-7-4-3-5-8-10/h9-10H,2-8H2,1H3,(H,13,14). The van der Waals surface area contributed by atoms with Crippen molar-refractivity contribution in [1.82, 2.24) is 4.98 Å². The van der Waals surface area contributed by atoms with Crippen molar-refractivity contribution in [3.05, 3.63) is 11.1 Å². The molecule has 1 N–H and O–H groups in total. The summed E-state index contributed by atoms with van der Waals surface area (Å²) < 4.78 is 0. The quantitative estimate of drug-likeness (QED) is 0.840. The topological polar surface area (TPSA) is 24.9 Å². The first-order valence-corrected chi connectivity index (χ1v) is 6.91. The van der Waals surface area contributed by atoms with Crippen LogP contribution in [0.1, 0.15) is 50.3 Å². The van der Waals surface area contributed by atoms with Crippen LogP contribution < -0.4 is 5.32 Å². The van der Waals surface area contributed by atoms with E-state index in [2.05, 4.69) is 17.2 Å². The summed E-state index contributed by atoms with van der Waals surface area (Å²) in [6.07, 6.45) is 11.2.